The van der Waals surface area contributed by atoms with Crippen molar-refractivity contribution in [3.05, 3.63) is 54.1 Å². The van der Waals surface area contributed by atoms with Crippen LogP contribution in [0.2, 0.25) is 0 Å². The number of nitrogens with zero attached hydrogens (tertiary/aromatic N) is 1. The Balaban J connectivity index is 2.03. The number of amides is 1. The Bertz CT molecular complexity index is 947. The highest BCUT2D eigenvalue weighted by atomic mass is 32.2. The van der Waals surface area contributed by atoms with Crippen LogP contribution in [0.25, 0.3) is 0 Å². The summed E-state index contributed by atoms with van der Waals surface area (Å²) in [6, 6.07) is 13.7. The molecule has 0 bridgehead atoms. The smallest absolute Gasteiger partial charge is 0.264 e. The first kappa shape index (κ1) is 19.2. The van der Waals surface area contributed by atoms with Crippen LogP contribution in [0.4, 0.5) is 5.69 Å². The van der Waals surface area contributed by atoms with Crippen LogP contribution in [0.15, 0.2) is 53.4 Å². The molecule has 2 aromatic carbocycles. The van der Waals surface area contributed by atoms with Gasteiger partial charge in [0.15, 0.2) is 6.10 Å². The van der Waals surface area contributed by atoms with Crippen LogP contribution in [-0.2, 0) is 20.2 Å². The van der Waals surface area contributed by atoms with Gasteiger partial charge in [-0.1, -0.05) is 45.0 Å². The molecule has 144 valence electrons. The summed E-state index contributed by atoms with van der Waals surface area (Å²) in [5.74, 6) is 0.0000187. The van der Waals surface area contributed by atoms with Crippen LogP contribution < -0.4 is 14.4 Å². The van der Waals surface area contributed by atoms with Gasteiger partial charge in [0.25, 0.3) is 15.9 Å². The van der Waals surface area contributed by atoms with E-state index in [2.05, 4.69) is 26.1 Å². The Labute approximate surface area is 160 Å². The first-order valence-electron chi connectivity index (χ1n) is 8.75. The molecule has 1 aliphatic rings. The predicted molar refractivity (Wildman–Crippen MR) is 105 cm³/mol. The SMILES string of the molecule is CNC(=O)[C@@H]1CN(S(=O)(=O)c2ccc(C(C)(C)C)cc2)c2ccccc2O1. The molecule has 0 saturated carbocycles. The van der Waals surface area contributed by atoms with Gasteiger partial charge in [-0.05, 0) is 35.2 Å². The first-order valence-corrected chi connectivity index (χ1v) is 10.2. The number of likely N-dealkylation sites (N-methyl/N-ethyl adjacent to an activating group) is 1. The third-order valence-corrected chi connectivity index (χ3v) is 6.38. The molecule has 7 heteroatoms. The number of para-hydroxylation sites is 2. The second-order valence-electron chi connectivity index (χ2n) is 7.50. The Morgan fingerprint density at radius 1 is 1.11 bits per heavy atom. The third kappa shape index (κ3) is 3.64. The minimum Gasteiger partial charge on any atom is -0.476 e. The van der Waals surface area contributed by atoms with Gasteiger partial charge in [-0.3, -0.25) is 9.10 Å². The number of ether oxygens (including phenoxy) is 1. The average molecular weight is 388 g/mol. The number of sulfonamides is 1. The van der Waals surface area contributed by atoms with Gasteiger partial charge in [0.05, 0.1) is 17.1 Å². The van der Waals surface area contributed by atoms with E-state index in [1.54, 1.807) is 36.4 Å². The molecule has 3 rings (SSSR count). The second kappa shape index (κ2) is 6.88. The van der Waals surface area contributed by atoms with Crippen LogP contribution in [0.5, 0.6) is 5.75 Å². The molecule has 2 aromatic rings. The van der Waals surface area contributed by atoms with E-state index in [1.165, 1.54) is 11.4 Å². The number of benzene rings is 2. The lowest BCUT2D eigenvalue weighted by atomic mass is 9.87. The molecular weight excluding hydrogens is 364 g/mol. The van der Waals surface area contributed by atoms with E-state index in [9.17, 15) is 13.2 Å². The van der Waals surface area contributed by atoms with E-state index in [1.807, 2.05) is 12.1 Å². The number of anilines is 1. The fraction of sp³-hybridized carbons (Fsp3) is 0.350. The van der Waals surface area contributed by atoms with Crippen molar-refractivity contribution in [1.82, 2.24) is 5.32 Å². The van der Waals surface area contributed by atoms with Gasteiger partial charge in [-0.15, -0.1) is 0 Å². The van der Waals surface area contributed by atoms with Crippen LogP contribution in [0.1, 0.15) is 26.3 Å². The summed E-state index contributed by atoms with van der Waals surface area (Å²) in [5.41, 5.74) is 1.41. The van der Waals surface area contributed by atoms with Crippen molar-refractivity contribution in [3.8, 4) is 5.75 Å². The lowest BCUT2D eigenvalue weighted by molar-refractivity contribution is -0.127. The van der Waals surface area contributed by atoms with Gasteiger partial charge >= 0.3 is 0 Å². The van der Waals surface area contributed by atoms with Crippen molar-refractivity contribution in [3.63, 3.8) is 0 Å². The molecule has 0 saturated heterocycles. The summed E-state index contributed by atoms with van der Waals surface area (Å²) in [6.07, 6.45) is -0.909. The topological polar surface area (TPSA) is 75.7 Å². The van der Waals surface area contributed by atoms with Gasteiger partial charge in [0.1, 0.15) is 5.75 Å². The molecule has 0 fully saturated rings. The van der Waals surface area contributed by atoms with E-state index in [4.69, 9.17) is 4.74 Å². The van der Waals surface area contributed by atoms with Gasteiger partial charge in [0, 0.05) is 7.05 Å². The molecule has 1 atom stereocenters. The summed E-state index contributed by atoms with van der Waals surface area (Å²) in [6.45, 7) is 6.13. The van der Waals surface area contributed by atoms with Crippen molar-refractivity contribution < 1.29 is 17.9 Å². The summed E-state index contributed by atoms with van der Waals surface area (Å²) in [4.78, 5) is 12.3. The number of rotatable bonds is 3. The molecule has 1 N–H and O–H groups in total. The number of carbonyl (C=O) groups is 1. The fourth-order valence-corrected chi connectivity index (χ4v) is 4.46. The molecule has 1 amide bonds. The number of hydrogen-bond donors (Lipinski definition) is 1. The van der Waals surface area contributed by atoms with E-state index in [0.29, 0.717) is 11.4 Å². The molecule has 1 heterocycles. The summed E-state index contributed by atoms with van der Waals surface area (Å²) < 4.78 is 33.6. The number of carbonyl (C=O) groups excluding carboxylic acids is 1. The zero-order chi connectivity index (χ0) is 19.8. The van der Waals surface area contributed by atoms with Crippen molar-refractivity contribution in [1.29, 1.82) is 0 Å². The van der Waals surface area contributed by atoms with Crippen LogP contribution in [-0.4, -0.2) is 34.0 Å². The maximum absolute atomic E-state index is 13.3. The summed E-state index contributed by atoms with van der Waals surface area (Å²) >= 11 is 0. The Kier molecular flexibility index (Phi) is 4.90. The predicted octanol–water partition coefficient (Wildman–Crippen LogP) is 2.69. The van der Waals surface area contributed by atoms with Crippen molar-refractivity contribution >= 4 is 21.6 Å². The van der Waals surface area contributed by atoms with Gasteiger partial charge < -0.3 is 10.1 Å². The van der Waals surface area contributed by atoms with E-state index < -0.39 is 16.1 Å². The number of nitrogens with one attached hydrogen (secondary N) is 1. The molecule has 0 radical (unpaired) electrons. The van der Waals surface area contributed by atoms with Crippen LogP contribution in [0.3, 0.4) is 0 Å². The van der Waals surface area contributed by atoms with Crippen LogP contribution >= 0.6 is 0 Å². The first-order chi connectivity index (χ1) is 12.6. The maximum atomic E-state index is 13.3. The van der Waals surface area contributed by atoms with Crippen molar-refractivity contribution in [2.45, 2.75) is 37.2 Å². The lowest BCUT2D eigenvalue weighted by Crippen LogP contribution is -2.50. The Hall–Kier alpha value is -2.54. The number of hydrogen-bond acceptors (Lipinski definition) is 4. The molecule has 0 aliphatic carbocycles. The second-order valence-corrected chi connectivity index (χ2v) is 9.36. The lowest BCUT2D eigenvalue weighted by Gasteiger charge is -2.34. The highest BCUT2D eigenvalue weighted by Crippen LogP contribution is 2.37. The van der Waals surface area contributed by atoms with E-state index in [0.717, 1.165) is 5.56 Å². The monoisotopic (exact) mass is 388 g/mol. The molecule has 1 aliphatic heterocycles. The van der Waals surface area contributed by atoms with Gasteiger partial charge in [-0.2, -0.15) is 0 Å². The molecular formula is C20H24N2O4S. The molecule has 6 nitrogen and oxygen atoms in total. The minimum absolute atomic E-state index is 0.0713. The fourth-order valence-electron chi connectivity index (χ4n) is 2.98. The highest BCUT2D eigenvalue weighted by molar-refractivity contribution is 7.92. The minimum atomic E-state index is -3.84. The average Bonchev–Trinajstić information content (AvgIpc) is 2.65. The van der Waals surface area contributed by atoms with Crippen LogP contribution in [0, 0.1) is 0 Å². The van der Waals surface area contributed by atoms with Gasteiger partial charge in [0.2, 0.25) is 0 Å². The Morgan fingerprint density at radius 3 is 2.33 bits per heavy atom. The normalized spacial score (nSPS) is 17.0. The Morgan fingerprint density at radius 2 is 1.74 bits per heavy atom. The summed E-state index contributed by atoms with van der Waals surface area (Å²) in [7, 11) is -2.34. The number of fused-ring (bicyclic) bond motifs is 1. The van der Waals surface area contributed by atoms with Gasteiger partial charge in [-0.25, -0.2) is 8.42 Å². The molecule has 27 heavy (non-hydrogen) atoms. The standard InChI is InChI=1S/C20H24N2O4S/c1-20(2,3)14-9-11-15(12-10-14)27(24,25)22-13-18(19(23)21-4)26-17-8-6-5-7-16(17)22/h5-12,18H,13H2,1-4H3,(H,21,23)/t18-/m0/s1. The highest BCUT2D eigenvalue weighted by Gasteiger charge is 2.37. The maximum Gasteiger partial charge on any atom is 0.264 e. The summed E-state index contributed by atoms with van der Waals surface area (Å²) in [5, 5.41) is 2.52. The third-order valence-electron chi connectivity index (χ3n) is 4.58. The van der Waals surface area contributed by atoms with E-state index in [-0.39, 0.29) is 22.8 Å². The zero-order valence-electron chi connectivity index (χ0n) is 15.9. The largest absolute Gasteiger partial charge is 0.476 e. The molecule has 0 spiro atoms. The van der Waals surface area contributed by atoms with Crippen molar-refractivity contribution in [2.75, 3.05) is 17.9 Å². The van der Waals surface area contributed by atoms with Crippen molar-refractivity contribution in [2.24, 2.45) is 0 Å². The quantitative estimate of drug-likeness (QED) is 0.877. The molecule has 0 aromatic heterocycles. The van der Waals surface area contributed by atoms with E-state index >= 15 is 0 Å². The zero-order valence-corrected chi connectivity index (χ0v) is 16.7. The molecule has 0 unspecified atom stereocenters.